The van der Waals surface area contributed by atoms with Crippen molar-refractivity contribution in [3.8, 4) is 5.75 Å². The minimum Gasteiger partial charge on any atom is -0.497 e. The van der Waals surface area contributed by atoms with Gasteiger partial charge in [0.1, 0.15) is 23.6 Å². The number of pyridine rings is 1. The van der Waals surface area contributed by atoms with E-state index in [2.05, 4.69) is 25.8 Å². The maximum Gasteiger partial charge on any atom is 0.269 e. The SMILES string of the molecule is COc1ccc(C(=O)NNc2ncnc(N(Cc3ccccc3)c3ccccn3)c2N)cc1. The third kappa shape index (κ3) is 5.16. The van der Waals surface area contributed by atoms with Crippen LogP contribution in [0.5, 0.6) is 5.75 Å². The molecule has 0 unspecified atom stereocenters. The zero-order chi connectivity index (χ0) is 23.0. The van der Waals surface area contributed by atoms with E-state index in [1.807, 2.05) is 53.4 Å². The summed E-state index contributed by atoms with van der Waals surface area (Å²) in [7, 11) is 1.57. The van der Waals surface area contributed by atoms with E-state index < -0.39 is 0 Å². The number of nitrogens with zero attached hydrogens (tertiary/aromatic N) is 4. The van der Waals surface area contributed by atoms with Crippen LogP contribution in [0.3, 0.4) is 0 Å². The molecule has 1 amide bonds. The Morgan fingerprint density at radius 2 is 1.73 bits per heavy atom. The van der Waals surface area contributed by atoms with Crippen molar-refractivity contribution in [1.82, 2.24) is 20.4 Å². The fourth-order valence-electron chi connectivity index (χ4n) is 3.18. The maximum atomic E-state index is 12.5. The quantitative estimate of drug-likeness (QED) is 0.355. The highest BCUT2D eigenvalue weighted by Crippen LogP contribution is 2.31. The Morgan fingerprint density at radius 3 is 2.42 bits per heavy atom. The van der Waals surface area contributed by atoms with E-state index in [1.54, 1.807) is 37.6 Å². The molecule has 2 aromatic heterocycles. The van der Waals surface area contributed by atoms with E-state index >= 15 is 0 Å². The summed E-state index contributed by atoms with van der Waals surface area (Å²) < 4.78 is 5.12. The second-order valence-corrected chi connectivity index (χ2v) is 7.03. The van der Waals surface area contributed by atoms with Crippen molar-refractivity contribution in [2.45, 2.75) is 6.54 Å². The zero-order valence-electron chi connectivity index (χ0n) is 18.0. The Morgan fingerprint density at radius 1 is 0.970 bits per heavy atom. The summed E-state index contributed by atoms with van der Waals surface area (Å²) in [5.41, 5.74) is 13.6. The van der Waals surface area contributed by atoms with Gasteiger partial charge in [-0.3, -0.25) is 15.6 Å². The van der Waals surface area contributed by atoms with Gasteiger partial charge in [-0.05, 0) is 42.0 Å². The zero-order valence-corrected chi connectivity index (χ0v) is 18.0. The van der Waals surface area contributed by atoms with Crippen molar-refractivity contribution < 1.29 is 9.53 Å². The minimum atomic E-state index is -0.344. The molecule has 33 heavy (non-hydrogen) atoms. The Labute approximate surface area is 191 Å². The smallest absolute Gasteiger partial charge is 0.269 e. The lowest BCUT2D eigenvalue weighted by Gasteiger charge is -2.24. The van der Waals surface area contributed by atoms with Gasteiger partial charge >= 0.3 is 0 Å². The van der Waals surface area contributed by atoms with Crippen LogP contribution in [0.15, 0.2) is 85.3 Å². The molecule has 0 radical (unpaired) electrons. The second kappa shape index (κ2) is 10.1. The Bertz CT molecular complexity index is 1200. The average molecular weight is 441 g/mol. The number of carbonyl (C=O) groups excluding carboxylic acids is 1. The molecule has 9 nitrogen and oxygen atoms in total. The first kappa shape index (κ1) is 21.6. The summed E-state index contributed by atoms with van der Waals surface area (Å²) in [6.07, 6.45) is 3.09. The first-order valence-electron chi connectivity index (χ1n) is 10.2. The molecule has 166 valence electrons. The third-order valence-electron chi connectivity index (χ3n) is 4.87. The molecule has 2 heterocycles. The van der Waals surface area contributed by atoms with Crippen LogP contribution in [0.1, 0.15) is 15.9 Å². The summed E-state index contributed by atoms with van der Waals surface area (Å²) in [6.45, 7) is 0.497. The Balaban J connectivity index is 1.57. The highest BCUT2D eigenvalue weighted by molar-refractivity contribution is 5.95. The van der Waals surface area contributed by atoms with Crippen molar-refractivity contribution in [2.75, 3.05) is 23.2 Å². The van der Waals surface area contributed by atoms with Crippen molar-refractivity contribution in [3.05, 3.63) is 96.4 Å². The van der Waals surface area contributed by atoms with E-state index in [4.69, 9.17) is 10.5 Å². The molecule has 0 aliphatic carbocycles. The van der Waals surface area contributed by atoms with Crippen molar-refractivity contribution >= 4 is 29.0 Å². The van der Waals surface area contributed by atoms with Crippen molar-refractivity contribution in [3.63, 3.8) is 0 Å². The number of amides is 1. The lowest BCUT2D eigenvalue weighted by atomic mass is 10.2. The molecule has 4 aromatic rings. The molecule has 4 rings (SSSR count). The number of hydrazine groups is 1. The molecule has 2 aromatic carbocycles. The van der Waals surface area contributed by atoms with Gasteiger partial charge < -0.3 is 15.4 Å². The van der Waals surface area contributed by atoms with Crippen LogP contribution in [0.4, 0.5) is 23.1 Å². The minimum absolute atomic E-state index is 0.272. The number of ether oxygens (including phenoxy) is 1. The predicted octanol–water partition coefficient (Wildman–Crippen LogP) is 3.56. The molecule has 0 aliphatic heterocycles. The first-order valence-corrected chi connectivity index (χ1v) is 10.2. The molecule has 0 fully saturated rings. The van der Waals surface area contributed by atoms with Crippen molar-refractivity contribution in [1.29, 1.82) is 0 Å². The number of carbonyl (C=O) groups is 1. The fraction of sp³-hybridized carbons (Fsp3) is 0.0833. The lowest BCUT2D eigenvalue weighted by molar-refractivity contribution is 0.0962. The van der Waals surface area contributed by atoms with Gasteiger partial charge in [-0.25, -0.2) is 15.0 Å². The summed E-state index contributed by atoms with van der Waals surface area (Å²) in [4.78, 5) is 27.4. The van der Waals surface area contributed by atoms with Crippen LogP contribution in [-0.4, -0.2) is 28.0 Å². The van der Waals surface area contributed by atoms with E-state index in [1.165, 1.54) is 6.33 Å². The number of rotatable bonds is 8. The number of anilines is 4. The molecule has 0 atom stereocenters. The van der Waals surface area contributed by atoms with Crippen LogP contribution in [0.25, 0.3) is 0 Å². The predicted molar refractivity (Wildman–Crippen MR) is 127 cm³/mol. The monoisotopic (exact) mass is 441 g/mol. The normalized spacial score (nSPS) is 10.3. The molecular weight excluding hydrogens is 418 g/mol. The number of nitrogens with two attached hydrogens (primary N) is 1. The van der Waals surface area contributed by atoms with Gasteiger partial charge in [-0.2, -0.15) is 0 Å². The summed E-state index contributed by atoms with van der Waals surface area (Å²) in [5.74, 6) is 1.74. The van der Waals surface area contributed by atoms with E-state index in [9.17, 15) is 4.79 Å². The summed E-state index contributed by atoms with van der Waals surface area (Å²) >= 11 is 0. The Kier molecular flexibility index (Phi) is 6.60. The molecule has 9 heteroatoms. The molecule has 0 saturated carbocycles. The second-order valence-electron chi connectivity index (χ2n) is 7.03. The number of nitrogen functional groups attached to an aromatic ring is 1. The number of methoxy groups -OCH3 is 1. The molecule has 0 bridgehead atoms. The van der Waals surface area contributed by atoms with Gasteiger partial charge in [0.15, 0.2) is 11.6 Å². The molecule has 0 spiro atoms. The van der Waals surface area contributed by atoms with Crippen LogP contribution in [0.2, 0.25) is 0 Å². The number of hydrogen-bond donors (Lipinski definition) is 3. The van der Waals surface area contributed by atoms with Gasteiger partial charge in [0.25, 0.3) is 5.91 Å². The van der Waals surface area contributed by atoms with E-state index in [0.29, 0.717) is 29.5 Å². The van der Waals surface area contributed by atoms with Gasteiger partial charge in [0, 0.05) is 11.8 Å². The highest BCUT2D eigenvalue weighted by atomic mass is 16.5. The fourth-order valence-corrected chi connectivity index (χ4v) is 3.18. The van der Waals surface area contributed by atoms with Crippen LogP contribution < -0.4 is 26.2 Å². The van der Waals surface area contributed by atoms with E-state index in [-0.39, 0.29) is 17.4 Å². The lowest BCUT2D eigenvalue weighted by Crippen LogP contribution is -2.30. The molecule has 4 N–H and O–H groups in total. The largest absolute Gasteiger partial charge is 0.497 e. The van der Waals surface area contributed by atoms with Crippen LogP contribution in [0, 0.1) is 0 Å². The first-order chi connectivity index (χ1) is 16.2. The highest BCUT2D eigenvalue weighted by Gasteiger charge is 2.19. The Hall–Kier alpha value is -4.66. The van der Waals surface area contributed by atoms with Gasteiger partial charge in [0.2, 0.25) is 0 Å². The van der Waals surface area contributed by atoms with E-state index in [0.717, 1.165) is 5.56 Å². The van der Waals surface area contributed by atoms with Gasteiger partial charge in [-0.1, -0.05) is 36.4 Å². The van der Waals surface area contributed by atoms with Crippen LogP contribution >= 0.6 is 0 Å². The number of hydrogen-bond acceptors (Lipinski definition) is 8. The van der Waals surface area contributed by atoms with Crippen molar-refractivity contribution in [2.24, 2.45) is 0 Å². The standard InChI is InChI=1S/C24H23N7O2/c1-33-19-12-10-18(11-13-19)24(32)30-29-22-21(25)23(28-16-27-22)31(20-9-5-6-14-26-20)15-17-7-3-2-4-8-17/h2-14,16H,15,25H2,1H3,(H,30,32)(H,27,28,29). The molecule has 0 aliphatic rings. The topological polar surface area (TPSA) is 118 Å². The summed E-state index contributed by atoms with van der Waals surface area (Å²) in [5, 5.41) is 0. The number of nitrogens with one attached hydrogen (secondary N) is 2. The number of benzene rings is 2. The third-order valence-corrected chi connectivity index (χ3v) is 4.87. The molecular formula is C24H23N7O2. The van der Waals surface area contributed by atoms with Gasteiger partial charge in [0.05, 0.1) is 13.7 Å². The maximum absolute atomic E-state index is 12.5. The van der Waals surface area contributed by atoms with Crippen LogP contribution in [-0.2, 0) is 6.54 Å². The summed E-state index contributed by atoms with van der Waals surface area (Å²) in [6, 6.07) is 22.3. The molecule has 0 saturated heterocycles. The average Bonchev–Trinajstić information content (AvgIpc) is 2.88. The number of aromatic nitrogens is 3. The van der Waals surface area contributed by atoms with Gasteiger partial charge in [-0.15, -0.1) is 0 Å².